The highest BCUT2D eigenvalue weighted by Crippen LogP contribution is 2.50. The van der Waals surface area contributed by atoms with Gasteiger partial charge in [-0.3, -0.25) is 14.2 Å². The fourth-order valence-corrected chi connectivity index (χ4v) is 6.68. The molecule has 4 nitrogen and oxygen atoms in total. The van der Waals surface area contributed by atoms with Gasteiger partial charge in [0.05, 0.1) is 18.2 Å². The second-order valence-corrected chi connectivity index (χ2v) is 9.39. The number of nitrogens with zero attached hydrogens (tertiary/aromatic N) is 1. The van der Waals surface area contributed by atoms with Gasteiger partial charge in [-0.1, -0.05) is 41.1 Å². The Kier molecular flexibility index (Phi) is 4.57. The van der Waals surface area contributed by atoms with Gasteiger partial charge in [0.1, 0.15) is 5.75 Å². The number of rotatable bonds is 3. The van der Waals surface area contributed by atoms with Crippen molar-refractivity contribution in [2.45, 2.75) is 17.5 Å². The second-order valence-electron chi connectivity index (χ2n) is 6.95. The van der Waals surface area contributed by atoms with Crippen molar-refractivity contribution >= 4 is 40.5 Å². The van der Waals surface area contributed by atoms with Gasteiger partial charge in [0.2, 0.25) is 0 Å². The molecule has 2 aromatic carbocycles. The monoisotopic (exact) mass is 429 g/mol. The van der Waals surface area contributed by atoms with Crippen molar-refractivity contribution in [1.29, 1.82) is 0 Å². The molecular weight excluding hydrogens is 414 g/mol. The van der Waals surface area contributed by atoms with Crippen LogP contribution in [0, 0.1) is 5.92 Å². The van der Waals surface area contributed by atoms with E-state index in [1.807, 2.05) is 18.2 Å². The van der Waals surface area contributed by atoms with Gasteiger partial charge >= 0.3 is 4.87 Å². The summed E-state index contributed by atoms with van der Waals surface area (Å²) >= 11 is 8.83. The molecule has 142 valence electrons. The predicted molar refractivity (Wildman–Crippen MR) is 112 cm³/mol. The van der Waals surface area contributed by atoms with Crippen LogP contribution in [0.2, 0.25) is 5.02 Å². The summed E-state index contributed by atoms with van der Waals surface area (Å²) in [5.74, 6) is 2.18. The number of carbonyl (C=O) groups is 1. The van der Waals surface area contributed by atoms with E-state index in [4.69, 9.17) is 16.3 Å². The summed E-state index contributed by atoms with van der Waals surface area (Å²) in [4.78, 5) is 26.5. The van der Waals surface area contributed by atoms with Crippen LogP contribution in [0.15, 0.2) is 58.4 Å². The lowest BCUT2D eigenvalue weighted by Crippen LogP contribution is -2.31. The summed E-state index contributed by atoms with van der Waals surface area (Å²) in [5.41, 5.74) is 1.70. The summed E-state index contributed by atoms with van der Waals surface area (Å²) in [6.07, 6.45) is 0. The first-order chi connectivity index (χ1) is 13.6. The SMILES string of the molecule is O=C(Cn1c2c(sc1=O)C1c3ccccc3OCC1CS2)c1ccc(Cl)cc1. The molecule has 0 radical (unpaired) electrons. The minimum absolute atomic E-state index is 0.0504. The Hall–Kier alpha value is -2.02. The lowest BCUT2D eigenvalue weighted by molar-refractivity contribution is 0.0968. The molecule has 1 aromatic heterocycles. The van der Waals surface area contributed by atoms with E-state index >= 15 is 0 Å². The molecule has 0 bridgehead atoms. The smallest absolute Gasteiger partial charge is 0.308 e. The number of fused-ring (bicyclic) bond motifs is 5. The zero-order chi connectivity index (χ0) is 19.3. The Labute approximate surface area is 175 Å². The first kappa shape index (κ1) is 18.0. The van der Waals surface area contributed by atoms with Crippen molar-refractivity contribution in [2.24, 2.45) is 5.92 Å². The van der Waals surface area contributed by atoms with E-state index < -0.39 is 0 Å². The van der Waals surface area contributed by atoms with Crippen LogP contribution in [0.25, 0.3) is 0 Å². The third-order valence-electron chi connectivity index (χ3n) is 5.24. The Morgan fingerprint density at radius 3 is 2.79 bits per heavy atom. The maximum atomic E-state index is 12.8. The summed E-state index contributed by atoms with van der Waals surface area (Å²) < 4.78 is 7.55. The zero-order valence-corrected chi connectivity index (χ0v) is 17.2. The minimum atomic E-state index is -0.0885. The predicted octanol–water partition coefficient (Wildman–Crippen LogP) is 4.69. The molecule has 2 unspecified atom stereocenters. The number of thioether (sulfide) groups is 1. The van der Waals surface area contributed by atoms with Crippen molar-refractivity contribution in [3.8, 4) is 5.75 Å². The number of hydrogen-bond donors (Lipinski definition) is 0. The largest absolute Gasteiger partial charge is 0.493 e. The Morgan fingerprint density at radius 2 is 1.96 bits per heavy atom. The van der Waals surface area contributed by atoms with Crippen LogP contribution in [0.1, 0.15) is 26.7 Å². The van der Waals surface area contributed by atoms with Crippen LogP contribution in [0.3, 0.4) is 0 Å². The van der Waals surface area contributed by atoms with Crippen molar-refractivity contribution < 1.29 is 9.53 Å². The molecule has 2 atom stereocenters. The molecule has 0 amide bonds. The minimum Gasteiger partial charge on any atom is -0.493 e. The molecule has 2 aliphatic rings. The van der Waals surface area contributed by atoms with Crippen LogP contribution in [0.5, 0.6) is 5.75 Å². The number of Topliss-reactive ketones (excluding diaryl/α,β-unsaturated/α-hetero) is 1. The molecule has 5 rings (SSSR count). The number of hydrogen-bond acceptors (Lipinski definition) is 5. The molecule has 0 N–H and O–H groups in total. The molecule has 0 fully saturated rings. The first-order valence-corrected chi connectivity index (χ1v) is 11.2. The van der Waals surface area contributed by atoms with Gasteiger partial charge in [-0.25, -0.2) is 0 Å². The van der Waals surface area contributed by atoms with Gasteiger partial charge < -0.3 is 4.74 Å². The number of halogens is 1. The van der Waals surface area contributed by atoms with Gasteiger partial charge in [0.15, 0.2) is 5.78 Å². The first-order valence-electron chi connectivity index (χ1n) is 8.98. The molecule has 0 aliphatic carbocycles. The number of para-hydroxylation sites is 1. The van der Waals surface area contributed by atoms with Gasteiger partial charge in [0.25, 0.3) is 0 Å². The van der Waals surface area contributed by atoms with Crippen molar-refractivity contribution in [3.05, 3.63) is 79.2 Å². The molecule has 3 heterocycles. The molecule has 0 saturated carbocycles. The fraction of sp³-hybridized carbons (Fsp3) is 0.238. The lowest BCUT2D eigenvalue weighted by Gasteiger charge is -2.36. The average molecular weight is 430 g/mol. The number of thiazole rings is 1. The highest BCUT2D eigenvalue weighted by atomic mass is 35.5. The van der Waals surface area contributed by atoms with Crippen molar-refractivity contribution in [1.82, 2.24) is 4.57 Å². The molecule has 7 heteroatoms. The van der Waals surface area contributed by atoms with Crippen molar-refractivity contribution in [2.75, 3.05) is 12.4 Å². The van der Waals surface area contributed by atoms with E-state index in [0.717, 1.165) is 27.0 Å². The highest BCUT2D eigenvalue weighted by Gasteiger charge is 2.39. The Morgan fingerprint density at radius 1 is 1.18 bits per heavy atom. The Bertz CT molecular complexity index is 1120. The van der Waals surface area contributed by atoms with Crippen LogP contribution in [0.4, 0.5) is 0 Å². The van der Waals surface area contributed by atoms with Crippen LogP contribution in [-0.2, 0) is 6.54 Å². The highest BCUT2D eigenvalue weighted by molar-refractivity contribution is 7.99. The van der Waals surface area contributed by atoms with E-state index in [1.165, 1.54) is 11.3 Å². The summed E-state index contributed by atoms with van der Waals surface area (Å²) in [6, 6.07) is 14.8. The summed E-state index contributed by atoms with van der Waals surface area (Å²) in [5, 5.41) is 1.51. The number of carbonyl (C=O) groups excluding carboxylic acids is 1. The van der Waals surface area contributed by atoms with E-state index in [-0.39, 0.29) is 23.1 Å². The molecule has 0 spiro atoms. The van der Waals surface area contributed by atoms with Gasteiger partial charge in [-0.15, -0.1) is 11.8 Å². The van der Waals surface area contributed by atoms with Crippen LogP contribution >= 0.6 is 34.7 Å². The topological polar surface area (TPSA) is 48.3 Å². The standard InChI is InChI=1S/C21H16ClNO3S2/c22-14-7-5-12(6-8-14)16(24)9-23-20-19(28-21(23)25)18-13(11-27-20)10-26-17-4-2-1-3-15(17)18/h1-8,13,18H,9-11H2. The van der Waals surface area contributed by atoms with Gasteiger partial charge in [0, 0.05) is 38.6 Å². The molecule has 0 saturated heterocycles. The normalized spacial score (nSPS) is 19.9. The average Bonchev–Trinajstić information content (AvgIpc) is 3.03. The zero-order valence-electron chi connectivity index (χ0n) is 14.8. The number of ketones is 1. The number of aromatic nitrogens is 1. The third kappa shape index (κ3) is 3.00. The Balaban J connectivity index is 1.53. The molecule has 3 aromatic rings. The second kappa shape index (κ2) is 7.10. The van der Waals surface area contributed by atoms with Crippen LogP contribution in [-0.4, -0.2) is 22.7 Å². The quantitative estimate of drug-likeness (QED) is 0.566. The lowest BCUT2D eigenvalue weighted by atomic mass is 9.84. The van der Waals surface area contributed by atoms with Gasteiger partial charge in [-0.05, 0) is 30.3 Å². The van der Waals surface area contributed by atoms with E-state index in [9.17, 15) is 9.59 Å². The van der Waals surface area contributed by atoms with E-state index in [2.05, 4.69) is 6.07 Å². The maximum Gasteiger partial charge on any atom is 0.308 e. The van der Waals surface area contributed by atoms with E-state index in [1.54, 1.807) is 40.6 Å². The molecule has 28 heavy (non-hydrogen) atoms. The number of benzene rings is 2. The third-order valence-corrected chi connectivity index (χ3v) is 7.99. The van der Waals surface area contributed by atoms with Crippen LogP contribution < -0.4 is 9.61 Å². The molecule has 2 aliphatic heterocycles. The van der Waals surface area contributed by atoms with Gasteiger partial charge in [-0.2, -0.15) is 0 Å². The number of ether oxygens (including phenoxy) is 1. The fourth-order valence-electron chi connectivity index (χ4n) is 3.86. The van der Waals surface area contributed by atoms with Crippen molar-refractivity contribution in [3.63, 3.8) is 0 Å². The molecular formula is C21H16ClNO3S2. The maximum absolute atomic E-state index is 12.8. The van der Waals surface area contributed by atoms with E-state index in [0.29, 0.717) is 23.1 Å². The summed E-state index contributed by atoms with van der Waals surface area (Å²) in [6.45, 7) is 0.707. The summed E-state index contributed by atoms with van der Waals surface area (Å²) in [7, 11) is 0.